The number of nitrogens with one attached hydrogen (secondary N) is 1. The first-order chi connectivity index (χ1) is 7.66. The molecule has 0 unspecified atom stereocenters. The van der Waals surface area contributed by atoms with Crippen molar-refractivity contribution in [1.82, 2.24) is 5.32 Å². The van der Waals surface area contributed by atoms with Crippen LogP contribution in [0.4, 0.5) is 4.39 Å². The summed E-state index contributed by atoms with van der Waals surface area (Å²) in [6.45, 7) is 3.38. The lowest BCUT2D eigenvalue weighted by Gasteiger charge is -2.15. The van der Waals surface area contributed by atoms with Crippen molar-refractivity contribution < 1.29 is 14.2 Å². The van der Waals surface area contributed by atoms with Gasteiger partial charge in [-0.3, -0.25) is 0 Å². The molecule has 4 heteroatoms. The zero-order valence-corrected chi connectivity index (χ0v) is 9.24. The van der Waals surface area contributed by atoms with E-state index < -0.39 is 6.10 Å². The molecule has 1 heterocycles. The number of rotatable bonds is 3. The van der Waals surface area contributed by atoms with E-state index in [1.807, 2.05) is 6.92 Å². The van der Waals surface area contributed by atoms with Gasteiger partial charge in [0.05, 0.1) is 25.4 Å². The van der Waals surface area contributed by atoms with Gasteiger partial charge in [-0.25, -0.2) is 4.39 Å². The van der Waals surface area contributed by atoms with Gasteiger partial charge in [-0.2, -0.15) is 0 Å². The van der Waals surface area contributed by atoms with Gasteiger partial charge >= 0.3 is 0 Å². The van der Waals surface area contributed by atoms with Crippen molar-refractivity contribution in [2.45, 2.75) is 25.6 Å². The van der Waals surface area contributed by atoms with Crippen molar-refractivity contribution >= 4 is 0 Å². The first-order valence-electron chi connectivity index (χ1n) is 5.41. The summed E-state index contributed by atoms with van der Waals surface area (Å²) in [6, 6.07) is 4.67. The second-order valence-corrected chi connectivity index (χ2v) is 4.16. The maximum atomic E-state index is 13.0. The third kappa shape index (κ3) is 2.58. The topological polar surface area (TPSA) is 41.5 Å². The van der Waals surface area contributed by atoms with E-state index in [0.29, 0.717) is 19.8 Å². The molecule has 0 amide bonds. The Kier molecular flexibility index (Phi) is 3.53. The normalized spacial score (nSPS) is 24.9. The average Bonchev–Trinajstić information content (AvgIpc) is 2.66. The molecule has 1 aromatic carbocycles. The molecule has 3 nitrogen and oxygen atoms in total. The van der Waals surface area contributed by atoms with Crippen LogP contribution in [0.1, 0.15) is 11.1 Å². The Morgan fingerprint density at radius 1 is 1.50 bits per heavy atom. The van der Waals surface area contributed by atoms with Gasteiger partial charge in [0, 0.05) is 6.54 Å². The van der Waals surface area contributed by atoms with E-state index in [2.05, 4.69) is 5.32 Å². The Morgan fingerprint density at radius 2 is 2.31 bits per heavy atom. The van der Waals surface area contributed by atoms with Crippen LogP contribution in [-0.4, -0.2) is 30.5 Å². The second kappa shape index (κ2) is 4.91. The Balaban J connectivity index is 1.96. The first-order valence-corrected chi connectivity index (χ1v) is 5.41. The average molecular weight is 225 g/mol. The Bertz CT molecular complexity index is 370. The van der Waals surface area contributed by atoms with Gasteiger partial charge in [0.1, 0.15) is 5.82 Å². The zero-order valence-electron chi connectivity index (χ0n) is 9.24. The summed E-state index contributed by atoms with van der Waals surface area (Å²) in [5, 5.41) is 12.7. The van der Waals surface area contributed by atoms with Crippen LogP contribution in [0.2, 0.25) is 0 Å². The number of benzene rings is 1. The van der Waals surface area contributed by atoms with Crippen LogP contribution in [0.15, 0.2) is 18.2 Å². The SMILES string of the molecule is Cc1ccc(F)cc1CN[C@@H]1COC[C@H]1O. The number of aliphatic hydroxyl groups is 1. The minimum absolute atomic E-state index is 0.0531. The van der Waals surface area contributed by atoms with E-state index in [4.69, 9.17) is 4.74 Å². The van der Waals surface area contributed by atoms with Crippen molar-refractivity contribution in [3.8, 4) is 0 Å². The molecule has 0 aromatic heterocycles. The van der Waals surface area contributed by atoms with Crippen molar-refractivity contribution in [2.75, 3.05) is 13.2 Å². The van der Waals surface area contributed by atoms with E-state index in [-0.39, 0.29) is 11.9 Å². The van der Waals surface area contributed by atoms with Gasteiger partial charge in [0.15, 0.2) is 0 Å². The van der Waals surface area contributed by atoms with Crippen LogP contribution in [0.5, 0.6) is 0 Å². The lowest BCUT2D eigenvalue weighted by Crippen LogP contribution is -2.38. The number of ether oxygens (including phenoxy) is 1. The molecule has 0 aliphatic carbocycles. The molecular formula is C12H16FNO2. The highest BCUT2D eigenvalue weighted by molar-refractivity contribution is 5.26. The minimum atomic E-state index is -0.464. The quantitative estimate of drug-likeness (QED) is 0.806. The zero-order chi connectivity index (χ0) is 11.5. The smallest absolute Gasteiger partial charge is 0.123 e. The molecule has 88 valence electrons. The van der Waals surface area contributed by atoms with Crippen LogP contribution in [0.3, 0.4) is 0 Å². The fourth-order valence-electron chi connectivity index (χ4n) is 1.81. The molecule has 1 aliphatic rings. The maximum Gasteiger partial charge on any atom is 0.123 e. The molecule has 0 saturated carbocycles. The summed E-state index contributed by atoms with van der Waals surface area (Å²) >= 11 is 0. The summed E-state index contributed by atoms with van der Waals surface area (Å²) in [5.41, 5.74) is 1.96. The van der Waals surface area contributed by atoms with E-state index in [1.54, 1.807) is 6.07 Å². The molecule has 1 saturated heterocycles. The van der Waals surface area contributed by atoms with Crippen LogP contribution in [0.25, 0.3) is 0 Å². The molecule has 0 bridgehead atoms. The summed E-state index contributed by atoms with van der Waals surface area (Å²) < 4.78 is 18.1. The number of halogens is 1. The Morgan fingerprint density at radius 3 is 3.00 bits per heavy atom. The van der Waals surface area contributed by atoms with E-state index in [0.717, 1.165) is 11.1 Å². The van der Waals surface area contributed by atoms with E-state index >= 15 is 0 Å². The van der Waals surface area contributed by atoms with Crippen molar-refractivity contribution in [3.05, 3.63) is 35.1 Å². The largest absolute Gasteiger partial charge is 0.389 e. The lowest BCUT2D eigenvalue weighted by atomic mass is 10.1. The summed E-state index contributed by atoms with van der Waals surface area (Å²) in [6.07, 6.45) is -0.464. The Hall–Kier alpha value is -0.970. The predicted octanol–water partition coefficient (Wildman–Crippen LogP) is 0.983. The fourth-order valence-corrected chi connectivity index (χ4v) is 1.81. The van der Waals surface area contributed by atoms with Crippen LogP contribution in [0, 0.1) is 12.7 Å². The highest BCUT2D eigenvalue weighted by Crippen LogP contribution is 2.12. The van der Waals surface area contributed by atoms with Gasteiger partial charge < -0.3 is 15.2 Å². The van der Waals surface area contributed by atoms with Gasteiger partial charge in [-0.15, -0.1) is 0 Å². The molecule has 2 atom stereocenters. The van der Waals surface area contributed by atoms with E-state index in [1.165, 1.54) is 12.1 Å². The highest BCUT2D eigenvalue weighted by Gasteiger charge is 2.25. The molecule has 1 fully saturated rings. The number of hydrogen-bond acceptors (Lipinski definition) is 3. The summed E-state index contributed by atoms with van der Waals surface area (Å²) in [7, 11) is 0. The molecule has 0 radical (unpaired) electrons. The molecule has 16 heavy (non-hydrogen) atoms. The number of aliphatic hydroxyl groups excluding tert-OH is 1. The second-order valence-electron chi connectivity index (χ2n) is 4.16. The monoisotopic (exact) mass is 225 g/mol. The van der Waals surface area contributed by atoms with Gasteiger partial charge in [-0.1, -0.05) is 6.07 Å². The van der Waals surface area contributed by atoms with Gasteiger partial charge in [0.2, 0.25) is 0 Å². The van der Waals surface area contributed by atoms with E-state index in [9.17, 15) is 9.50 Å². The van der Waals surface area contributed by atoms with Crippen molar-refractivity contribution in [2.24, 2.45) is 0 Å². The van der Waals surface area contributed by atoms with Gasteiger partial charge in [-0.05, 0) is 30.2 Å². The third-order valence-electron chi connectivity index (χ3n) is 2.92. The number of aryl methyl sites for hydroxylation is 1. The summed E-state index contributed by atoms with van der Waals surface area (Å²) in [5.74, 6) is -0.231. The fraction of sp³-hybridized carbons (Fsp3) is 0.500. The number of hydrogen-bond donors (Lipinski definition) is 2. The maximum absolute atomic E-state index is 13.0. The Labute approximate surface area is 94.2 Å². The molecule has 0 spiro atoms. The van der Waals surface area contributed by atoms with Crippen LogP contribution in [-0.2, 0) is 11.3 Å². The molecule has 1 aliphatic heterocycles. The third-order valence-corrected chi connectivity index (χ3v) is 2.92. The van der Waals surface area contributed by atoms with Gasteiger partial charge in [0.25, 0.3) is 0 Å². The molecular weight excluding hydrogens is 209 g/mol. The van der Waals surface area contributed by atoms with Crippen molar-refractivity contribution in [1.29, 1.82) is 0 Å². The van der Waals surface area contributed by atoms with Crippen LogP contribution >= 0.6 is 0 Å². The summed E-state index contributed by atoms with van der Waals surface area (Å²) in [4.78, 5) is 0. The highest BCUT2D eigenvalue weighted by atomic mass is 19.1. The predicted molar refractivity (Wildman–Crippen MR) is 58.6 cm³/mol. The van der Waals surface area contributed by atoms with Crippen molar-refractivity contribution in [3.63, 3.8) is 0 Å². The van der Waals surface area contributed by atoms with Crippen LogP contribution < -0.4 is 5.32 Å². The minimum Gasteiger partial charge on any atom is -0.389 e. The molecule has 1 aromatic rings. The molecule has 2 rings (SSSR count). The standard InChI is InChI=1S/C12H16FNO2/c1-8-2-3-10(13)4-9(8)5-14-11-6-16-7-12(11)15/h2-4,11-12,14-15H,5-7H2,1H3/t11-,12-/m1/s1. The lowest BCUT2D eigenvalue weighted by molar-refractivity contribution is 0.122. The first kappa shape index (κ1) is 11.5. The molecule has 2 N–H and O–H groups in total.